The number of hydrogen-bond acceptors (Lipinski definition) is 6. The van der Waals surface area contributed by atoms with Crippen LogP contribution in [0.15, 0.2) is 53.4 Å². The number of carbonyl (C=O) groups is 2. The molecule has 0 aromatic heterocycles. The fourth-order valence-corrected chi connectivity index (χ4v) is 4.25. The van der Waals surface area contributed by atoms with Crippen molar-refractivity contribution < 1.29 is 40.7 Å². The second-order valence-electron chi connectivity index (χ2n) is 6.52. The highest BCUT2D eigenvalue weighted by Gasteiger charge is 2.31. The third kappa shape index (κ3) is 5.96. The average Bonchev–Trinajstić information content (AvgIpc) is 2.77. The predicted molar refractivity (Wildman–Crippen MR) is 104 cm³/mol. The molecule has 1 aliphatic rings. The number of benzene rings is 2. The zero-order valence-electron chi connectivity index (χ0n) is 16.4. The van der Waals surface area contributed by atoms with Crippen LogP contribution in [-0.4, -0.2) is 57.2 Å². The van der Waals surface area contributed by atoms with E-state index in [1.807, 2.05) is 0 Å². The fraction of sp³-hybridized carbons (Fsp3) is 0.263. The minimum atomic E-state index is -4.86. The second-order valence-corrected chi connectivity index (χ2v) is 8.46. The SMILES string of the molecule is O=C(NNC(=O)c1cccc(S(=O)(=O)N2CCOCC2)c1)c1ccc(OC(F)(F)F)cc1. The van der Waals surface area contributed by atoms with Crippen LogP contribution >= 0.6 is 0 Å². The molecule has 1 aliphatic heterocycles. The van der Waals surface area contributed by atoms with Gasteiger partial charge in [0, 0.05) is 24.2 Å². The van der Waals surface area contributed by atoms with Crippen molar-refractivity contribution in [2.45, 2.75) is 11.3 Å². The lowest BCUT2D eigenvalue weighted by atomic mass is 10.2. The van der Waals surface area contributed by atoms with E-state index < -0.39 is 33.9 Å². The standard InChI is InChI=1S/C19H18F3N3O6S/c20-19(21,22)31-15-6-4-13(5-7-15)17(26)23-24-18(27)14-2-1-3-16(12-14)32(28,29)25-8-10-30-11-9-25/h1-7,12H,8-11H2,(H,23,26)(H,24,27). The van der Waals surface area contributed by atoms with Gasteiger partial charge in [0.25, 0.3) is 11.8 Å². The van der Waals surface area contributed by atoms with Gasteiger partial charge in [0.1, 0.15) is 5.75 Å². The lowest BCUT2D eigenvalue weighted by Crippen LogP contribution is -2.42. The fourth-order valence-electron chi connectivity index (χ4n) is 2.80. The highest BCUT2D eigenvalue weighted by Crippen LogP contribution is 2.22. The van der Waals surface area contributed by atoms with Crippen LogP contribution < -0.4 is 15.6 Å². The molecule has 2 N–H and O–H groups in total. The monoisotopic (exact) mass is 473 g/mol. The van der Waals surface area contributed by atoms with Crippen molar-refractivity contribution in [1.82, 2.24) is 15.2 Å². The normalized spacial score (nSPS) is 15.1. The van der Waals surface area contributed by atoms with Gasteiger partial charge in [-0.15, -0.1) is 13.2 Å². The number of nitrogens with one attached hydrogen (secondary N) is 2. The average molecular weight is 473 g/mol. The Labute approximate surface area is 181 Å². The number of carbonyl (C=O) groups excluding carboxylic acids is 2. The Balaban J connectivity index is 1.62. The second kappa shape index (κ2) is 9.54. The van der Waals surface area contributed by atoms with Gasteiger partial charge >= 0.3 is 6.36 Å². The quantitative estimate of drug-likeness (QED) is 0.639. The smallest absolute Gasteiger partial charge is 0.406 e. The first-order chi connectivity index (χ1) is 15.1. The highest BCUT2D eigenvalue weighted by atomic mass is 32.2. The topological polar surface area (TPSA) is 114 Å². The van der Waals surface area contributed by atoms with E-state index in [2.05, 4.69) is 15.6 Å². The Morgan fingerprint density at radius 1 is 0.938 bits per heavy atom. The molecule has 3 rings (SSSR count). The Morgan fingerprint density at radius 3 is 2.12 bits per heavy atom. The first-order valence-corrected chi connectivity index (χ1v) is 10.6. The number of amides is 2. The molecule has 9 nitrogen and oxygen atoms in total. The van der Waals surface area contributed by atoms with E-state index in [0.717, 1.165) is 24.3 Å². The molecule has 0 atom stereocenters. The summed E-state index contributed by atoms with van der Waals surface area (Å²) >= 11 is 0. The molecule has 172 valence electrons. The van der Waals surface area contributed by atoms with Crippen LogP contribution in [0.5, 0.6) is 5.75 Å². The van der Waals surface area contributed by atoms with Gasteiger partial charge in [-0.3, -0.25) is 20.4 Å². The van der Waals surface area contributed by atoms with Crippen molar-refractivity contribution in [2.75, 3.05) is 26.3 Å². The van der Waals surface area contributed by atoms with Crippen molar-refractivity contribution in [2.24, 2.45) is 0 Å². The summed E-state index contributed by atoms with van der Waals surface area (Å²) < 4.78 is 72.1. The van der Waals surface area contributed by atoms with E-state index in [1.165, 1.54) is 28.6 Å². The number of rotatable bonds is 5. The molecule has 0 bridgehead atoms. The molecule has 1 fully saturated rings. The van der Waals surface area contributed by atoms with E-state index >= 15 is 0 Å². The molecule has 2 aromatic carbocycles. The Bertz CT molecular complexity index is 1080. The molecule has 0 unspecified atom stereocenters. The molecule has 0 saturated carbocycles. The van der Waals surface area contributed by atoms with Crippen LogP contribution in [0.25, 0.3) is 0 Å². The summed E-state index contributed by atoms with van der Waals surface area (Å²) in [5.74, 6) is -2.08. The van der Waals surface area contributed by atoms with Gasteiger partial charge in [0.05, 0.1) is 18.1 Å². The van der Waals surface area contributed by atoms with Crippen molar-refractivity contribution >= 4 is 21.8 Å². The van der Waals surface area contributed by atoms with Crippen LogP contribution in [0.1, 0.15) is 20.7 Å². The van der Waals surface area contributed by atoms with Crippen molar-refractivity contribution in [3.63, 3.8) is 0 Å². The van der Waals surface area contributed by atoms with Gasteiger partial charge in [-0.1, -0.05) is 6.07 Å². The Morgan fingerprint density at radius 2 is 1.53 bits per heavy atom. The molecule has 0 aliphatic carbocycles. The van der Waals surface area contributed by atoms with Crippen LogP contribution in [-0.2, 0) is 14.8 Å². The number of sulfonamides is 1. The number of ether oxygens (including phenoxy) is 2. The van der Waals surface area contributed by atoms with Crippen LogP contribution in [0, 0.1) is 0 Å². The number of hydrogen-bond donors (Lipinski definition) is 2. The van der Waals surface area contributed by atoms with E-state index in [9.17, 15) is 31.2 Å². The number of alkyl halides is 3. The molecular formula is C19H18F3N3O6S. The highest BCUT2D eigenvalue weighted by molar-refractivity contribution is 7.89. The van der Waals surface area contributed by atoms with E-state index in [0.29, 0.717) is 0 Å². The van der Waals surface area contributed by atoms with Crippen molar-refractivity contribution in [3.05, 3.63) is 59.7 Å². The Hall–Kier alpha value is -3.16. The summed E-state index contributed by atoms with van der Waals surface area (Å²) in [4.78, 5) is 24.4. The molecule has 2 amide bonds. The maximum absolute atomic E-state index is 12.7. The summed E-state index contributed by atoms with van der Waals surface area (Å²) in [7, 11) is -3.82. The minimum Gasteiger partial charge on any atom is -0.406 e. The summed E-state index contributed by atoms with van der Waals surface area (Å²) in [5.41, 5.74) is 4.18. The molecule has 2 aromatic rings. The largest absolute Gasteiger partial charge is 0.573 e. The van der Waals surface area contributed by atoms with E-state index in [4.69, 9.17) is 4.74 Å². The first kappa shape index (κ1) is 23.5. The molecule has 32 heavy (non-hydrogen) atoms. The molecule has 1 saturated heterocycles. The minimum absolute atomic E-state index is 0.0199. The van der Waals surface area contributed by atoms with E-state index in [1.54, 1.807) is 0 Å². The molecule has 0 radical (unpaired) electrons. The zero-order valence-corrected chi connectivity index (χ0v) is 17.2. The predicted octanol–water partition coefficient (Wildman–Crippen LogP) is 1.68. The van der Waals surface area contributed by atoms with Crippen molar-refractivity contribution in [3.8, 4) is 5.75 Å². The van der Waals surface area contributed by atoms with Crippen LogP contribution in [0.4, 0.5) is 13.2 Å². The molecular weight excluding hydrogens is 455 g/mol. The van der Waals surface area contributed by atoms with Gasteiger partial charge in [-0.05, 0) is 42.5 Å². The number of halogens is 3. The molecule has 13 heteroatoms. The first-order valence-electron chi connectivity index (χ1n) is 9.21. The summed E-state index contributed by atoms with van der Waals surface area (Å²) in [6.45, 7) is 0.937. The van der Waals surface area contributed by atoms with Gasteiger partial charge in [0.15, 0.2) is 0 Å². The molecule has 0 spiro atoms. The van der Waals surface area contributed by atoms with E-state index in [-0.39, 0.29) is 42.3 Å². The number of hydrazine groups is 1. The van der Waals surface area contributed by atoms with Crippen molar-refractivity contribution in [1.29, 1.82) is 0 Å². The van der Waals surface area contributed by atoms with Gasteiger partial charge in [-0.25, -0.2) is 8.42 Å². The van der Waals surface area contributed by atoms with Gasteiger partial charge in [0.2, 0.25) is 10.0 Å². The zero-order chi connectivity index (χ0) is 23.4. The summed E-state index contributed by atoms with van der Waals surface area (Å²) in [6.07, 6.45) is -4.86. The number of morpholine rings is 1. The maximum Gasteiger partial charge on any atom is 0.573 e. The summed E-state index contributed by atoms with van der Waals surface area (Å²) in [6, 6.07) is 9.34. The summed E-state index contributed by atoms with van der Waals surface area (Å²) in [5, 5.41) is 0. The third-order valence-electron chi connectivity index (χ3n) is 4.34. The molecule has 1 heterocycles. The number of nitrogens with zero attached hydrogens (tertiary/aromatic N) is 1. The van der Waals surface area contributed by atoms with Crippen LogP contribution in [0.3, 0.4) is 0 Å². The van der Waals surface area contributed by atoms with Gasteiger partial charge < -0.3 is 9.47 Å². The van der Waals surface area contributed by atoms with Crippen LogP contribution in [0.2, 0.25) is 0 Å². The van der Waals surface area contributed by atoms with Gasteiger partial charge in [-0.2, -0.15) is 4.31 Å². The third-order valence-corrected chi connectivity index (χ3v) is 6.24. The lowest BCUT2D eigenvalue weighted by molar-refractivity contribution is -0.274. The lowest BCUT2D eigenvalue weighted by Gasteiger charge is -2.26. The maximum atomic E-state index is 12.7. The Kier molecular flexibility index (Phi) is 7.01.